The molecule has 0 bridgehead atoms. The maximum absolute atomic E-state index is 11.6. The predicted octanol–water partition coefficient (Wildman–Crippen LogP) is 0.590. The third-order valence-corrected chi connectivity index (χ3v) is 3.38. The maximum Gasteiger partial charge on any atom is 0.309 e. The van der Waals surface area contributed by atoms with Crippen molar-refractivity contribution in [3.05, 3.63) is 12.2 Å². The molecule has 2 heterocycles. The normalized spacial score (nSPS) is 17.9. The second-order valence-corrected chi connectivity index (χ2v) is 4.60. The average Bonchev–Trinajstić information content (AvgIpc) is 2.76. The van der Waals surface area contributed by atoms with Crippen LogP contribution in [0.4, 0.5) is 0 Å². The molecule has 0 spiro atoms. The van der Waals surface area contributed by atoms with Crippen LogP contribution in [0.15, 0.2) is 6.33 Å². The quantitative estimate of drug-likeness (QED) is 0.734. The second-order valence-electron chi connectivity index (χ2n) is 4.60. The Morgan fingerprint density at radius 2 is 2.22 bits per heavy atom. The van der Waals surface area contributed by atoms with Crippen molar-refractivity contribution < 1.29 is 9.53 Å². The van der Waals surface area contributed by atoms with Crippen molar-refractivity contribution in [3.63, 3.8) is 0 Å². The van der Waals surface area contributed by atoms with Crippen LogP contribution in [0, 0.1) is 5.92 Å². The Morgan fingerprint density at radius 3 is 2.78 bits per heavy atom. The van der Waals surface area contributed by atoms with Crippen LogP contribution >= 0.6 is 0 Å². The molecule has 0 N–H and O–H groups in total. The minimum atomic E-state index is -0.0455. The molecule has 2 rings (SSSR count). The molecular formula is C12H20N4O2. The van der Waals surface area contributed by atoms with Gasteiger partial charge in [-0.3, -0.25) is 14.4 Å². The lowest BCUT2D eigenvalue weighted by molar-refractivity contribution is -0.149. The number of carbonyl (C=O) groups is 1. The van der Waals surface area contributed by atoms with Gasteiger partial charge in [-0.25, -0.2) is 4.98 Å². The van der Waals surface area contributed by atoms with Crippen LogP contribution in [0.2, 0.25) is 0 Å². The van der Waals surface area contributed by atoms with E-state index in [1.165, 1.54) is 0 Å². The number of hydrogen-bond acceptors (Lipinski definition) is 5. The molecule has 0 saturated carbocycles. The van der Waals surface area contributed by atoms with Crippen LogP contribution in [-0.2, 0) is 23.1 Å². The summed E-state index contributed by atoms with van der Waals surface area (Å²) in [6.07, 6.45) is 3.31. The molecule has 1 fully saturated rings. The summed E-state index contributed by atoms with van der Waals surface area (Å²) in [6.45, 7) is 4.94. The first kappa shape index (κ1) is 13.0. The molecule has 0 atom stereocenters. The van der Waals surface area contributed by atoms with E-state index in [0.717, 1.165) is 38.3 Å². The van der Waals surface area contributed by atoms with Crippen molar-refractivity contribution in [2.75, 3.05) is 19.7 Å². The summed E-state index contributed by atoms with van der Waals surface area (Å²) in [6, 6.07) is 0. The summed E-state index contributed by atoms with van der Waals surface area (Å²) in [7, 11) is 1.90. The van der Waals surface area contributed by atoms with Crippen LogP contribution in [0.25, 0.3) is 0 Å². The van der Waals surface area contributed by atoms with Crippen LogP contribution in [0.5, 0.6) is 0 Å². The van der Waals surface area contributed by atoms with Crippen molar-refractivity contribution in [1.82, 2.24) is 19.7 Å². The first-order chi connectivity index (χ1) is 8.70. The lowest BCUT2D eigenvalue weighted by atomic mass is 9.97. The first-order valence-electron chi connectivity index (χ1n) is 6.42. The van der Waals surface area contributed by atoms with Crippen LogP contribution in [-0.4, -0.2) is 45.3 Å². The van der Waals surface area contributed by atoms with E-state index in [-0.39, 0.29) is 11.9 Å². The van der Waals surface area contributed by atoms with Gasteiger partial charge in [-0.15, -0.1) is 0 Å². The number of aromatic nitrogens is 3. The fourth-order valence-corrected chi connectivity index (χ4v) is 2.25. The molecule has 6 nitrogen and oxygen atoms in total. The van der Waals surface area contributed by atoms with Gasteiger partial charge in [0.2, 0.25) is 0 Å². The van der Waals surface area contributed by atoms with E-state index >= 15 is 0 Å². The number of rotatable bonds is 4. The number of ether oxygens (including phenoxy) is 1. The largest absolute Gasteiger partial charge is 0.466 e. The van der Waals surface area contributed by atoms with Gasteiger partial charge in [-0.2, -0.15) is 5.10 Å². The Bertz CT molecular complexity index is 397. The highest BCUT2D eigenvalue weighted by Crippen LogP contribution is 2.19. The molecule has 0 amide bonds. The van der Waals surface area contributed by atoms with E-state index in [1.807, 2.05) is 14.0 Å². The SMILES string of the molecule is CCOC(=O)C1CCN(Cc2ncnn2C)CC1. The van der Waals surface area contributed by atoms with E-state index in [1.54, 1.807) is 11.0 Å². The van der Waals surface area contributed by atoms with Crippen molar-refractivity contribution in [2.24, 2.45) is 13.0 Å². The highest BCUT2D eigenvalue weighted by Gasteiger charge is 2.26. The number of hydrogen-bond donors (Lipinski definition) is 0. The summed E-state index contributed by atoms with van der Waals surface area (Å²) in [5, 5.41) is 4.05. The summed E-state index contributed by atoms with van der Waals surface area (Å²) in [5.74, 6) is 0.987. The molecule has 0 aromatic carbocycles. The first-order valence-corrected chi connectivity index (χ1v) is 6.42. The van der Waals surface area contributed by atoms with Gasteiger partial charge >= 0.3 is 5.97 Å². The predicted molar refractivity (Wildman–Crippen MR) is 65.6 cm³/mol. The van der Waals surface area contributed by atoms with Crippen LogP contribution in [0.1, 0.15) is 25.6 Å². The third-order valence-electron chi connectivity index (χ3n) is 3.38. The van der Waals surface area contributed by atoms with Gasteiger partial charge in [-0.05, 0) is 32.9 Å². The number of piperidine rings is 1. The monoisotopic (exact) mass is 252 g/mol. The highest BCUT2D eigenvalue weighted by atomic mass is 16.5. The molecule has 1 aromatic rings. The molecule has 1 saturated heterocycles. The fourth-order valence-electron chi connectivity index (χ4n) is 2.25. The molecule has 0 unspecified atom stereocenters. The average molecular weight is 252 g/mol. The lowest BCUT2D eigenvalue weighted by Gasteiger charge is -2.30. The van der Waals surface area contributed by atoms with E-state index in [4.69, 9.17) is 4.74 Å². The molecule has 0 radical (unpaired) electrons. The third kappa shape index (κ3) is 3.07. The zero-order chi connectivity index (χ0) is 13.0. The zero-order valence-electron chi connectivity index (χ0n) is 11.0. The van der Waals surface area contributed by atoms with Gasteiger partial charge in [-0.1, -0.05) is 0 Å². The smallest absolute Gasteiger partial charge is 0.309 e. The van der Waals surface area contributed by atoms with Gasteiger partial charge in [0.15, 0.2) is 0 Å². The van der Waals surface area contributed by atoms with Crippen molar-refractivity contribution in [3.8, 4) is 0 Å². The van der Waals surface area contributed by atoms with Gasteiger partial charge in [0.1, 0.15) is 12.2 Å². The number of esters is 1. The summed E-state index contributed by atoms with van der Waals surface area (Å²) in [4.78, 5) is 18.1. The van der Waals surface area contributed by atoms with Crippen molar-refractivity contribution >= 4 is 5.97 Å². The second kappa shape index (κ2) is 5.95. The van der Waals surface area contributed by atoms with Crippen LogP contribution < -0.4 is 0 Å². The highest BCUT2D eigenvalue weighted by molar-refractivity contribution is 5.72. The number of nitrogens with zero attached hydrogens (tertiary/aromatic N) is 4. The Balaban J connectivity index is 1.80. The summed E-state index contributed by atoms with van der Waals surface area (Å²) in [5.41, 5.74) is 0. The Hall–Kier alpha value is -1.43. The van der Waals surface area contributed by atoms with E-state index in [2.05, 4.69) is 15.0 Å². The Labute approximate surface area is 107 Å². The molecule has 18 heavy (non-hydrogen) atoms. The van der Waals surface area contributed by atoms with Crippen LogP contribution in [0.3, 0.4) is 0 Å². The van der Waals surface area contributed by atoms with E-state index in [9.17, 15) is 4.79 Å². The summed E-state index contributed by atoms with van der Waals surface area (Å²) >= 11 is 0. The van der Waals surface area contributed by atoms with E-state index < -0.39 is 0 Å². The maximum atomic E-state index is 11.6. The van der Waals surface area contributed by atoms with Gasteiger partial charge in [0.25, 0.3) is 0 Å². The molecule has 1 aliphatic heterocycles. The van der Waals surface area contributed by atoms with Gasteiger partial charge < -0.3 is 4.74 Å². The van der Waals surface area contributed by atoms with Gasteiger partial charge in [0, 0.05) is 7.05 Å². The molecule has 100 valence electrons. The zero-order valence-corrected chi connectivity index (χ0v) is 11.0. The molecule has 1 aliphatic rings. The van der Waals surface area contributed by atoms with Gasteiger partial charge in [0.05, 0.1) is 19.1 Å². The molecule has 6 heteroatoms. The lowest BCUT2D eigenvalue weighted by Crippen LogP contribution is -2.37. The minimum Gasteiger partial charge on any atom is -0.466 e. The minimum absolute atomic E-state index is 0.0455. The van der Waals surface area contributed by atoms with E-state index in [0.29, 0.717) is 6.61 Å². The summed E-state index contributed by atoms with van der Waals surface area (Å²) < 4.78 is 6.85. The Kier molecular flexibility index (Phi) is 4.30. The topological polar surface area (TPSA) is 60.2 Å². The molecular weight excluding hydrogens is 232 g/mol. The fraction of sp³-hybridized carbons (Fsp3) is 0.750. The molecule has 0 aliphatic carbocycles. The molecule has 1 aromatic heterocycles. The standard InChI is InChI=1S/C12H20N4O2/c1-3-18-12(17)10-4-6-16(7-5-10)8-11-13-9-14-15(11)2/h9-10H,3-8H2,1-2H3. The number of aryl methyl sites for hydroxylation is 1. The number of likely N-dealkylation sites (tertiary alicyclic amines) is 1. The Morgan fingerprint density at radius 1 is 1.50 bits per heavy atom. The van der Waals surface area contributed by atoms with Crippen molar-refractivity contribution in [2.45, 2.75) is 26.3 Å². The van der Waals surface area contributed by atoms with Crippen molar-refractivity contribution in [1.29, 1.82) is 0 Å². The number of carbonyl (C=O) groups excluding carboxylic acids is 1.